The number of pyridine rings is 1. The summed E-state index contributed by atoms with van der Waals surface area (Å²) in [5, 5.41) is 4.64. The molecule has 0 fully saturated rings. The minimum absolute atomic E-state index is 0. The number of hydrogen-bond acceptors (Lipinski definition) is 2. The molecule has 0 unspecified atom stereocenters. The summed E-state index contributed by atoms with van der Waals surface area (Å²) >= 11 is 0. The van der Waals surface area contributed by atoms with Gasteiger partial charge in [0.2, 0.25) is 5.52 Å². The molecule has 4 heteroatoms. The third-order valence-electron chi connectivity index (χ3n) is 3.28. The Kier molecular flexibility index (Phi) is 4.66. The molecular formula is C17H17ClN2O. The SMILES string of the molecule is COc1ccc(Nc2cc(C)[nH+]c3ccccc23)cc1.[Cl-]. The lowest BCUT2D eigenvalue weighted by atomic mass is 10.1. The molecule has 1 aromatic heterocycles. The lowest BCUT2D eigenvalue weighted by Gasteiger charge is -2.09. The Labute approximate surface area is 130 Å². The van der Waals surface area contributed by atoms with E-state index in [0.717, 1.165) is 28.3 Å². The van der Waals surface area contributed by atoms with Crippen molar-refractivity contribution in [1.82, 2.24) is 0 Å². The summed E-state index contributed by atoms with van der Waals surface area (Å²) in [5.74, 6) is 0.859. The summed E-state index contributed by atoms with van der Waals surface area (Å²) in [4.78, 5) is 3.37. The van der Waals surface area contributed by atoms with Crippen molar-refractivity contribution in [2.75, 3.05) is 12.4 Å². The number of H-pyrrole nitrogens is 1. The van der Waals surface area contributed by atoms with Crippen molar-refractivity contribution in [3.05, 3.63) is 60.3 Å². The van der Waals surface area contributed by atoms with Gasteiger partial charge in [0.1, 0.15) is 5.75 Å². The third-order valence-corrected chi connectivity index (χ3v) is 3.28. The number of aromatic nitrogens is 1. The van der Waals surface area contributed by atoms with E-state index in [1.165, 1.54) is 5.39 Å². The topological polar surface area (TPSA) is 35.4 Å². The Morgan fingerprint density at radius 1 is 1.00 bits per heavy atom. The molecule has 0 aliphatic carbocycles. The quantitative estimate of drug-likeness (QED) is 0.774. The number of aryl methyl sites for hydroxylation is 1. The maximum absolute atomic E-state index is 5.18. The van der Waals surface area contributed by atoms with Crippen molar-refractivity contribution in [3.8, 4) is 5.75 Å². The summed E-state index contributed by atoms with van der Waals surface area (Å²) in [5.41, 5.74) is 4.40. The van der Waals surface area contributed by atoms with Crippen molar-refractivity contribution < 1.29 is 22.1 Å². The van der Waals surface area contributed by atoms with Gasteiger partial charge in [-0.15, -0.1) is 0 Å². The van der Waals surface area contributed by atoms with E-state index in [-0.39, 0.29) is 12.4 Å². The fraction of sp³-hybridized carbons (Fsp3) is 0.118. The second kappa shape index (κ2) is 6.46. The molecule has 3 nitrogen and oxygen atoms in total. The number of para-hydroxylation sites is 1. The third kappa shape index (κ3) is 3.26. The summed E-state index contributed by atoms with van der Waals surface area (Å²) in [6, 6.07) is 18.3. The van der Waals surface area contributed by atoms with Gasteiger partial charge < -0.3 is 22.5 Å². The molecule has 2 aromatic carbocycles. The molecule has 21 heavy (non-hydrogen) atoms. The largest absolute Gasteiger partial charge is 1.00 e. The second-order valence-corrected chi connectivity index (χ2v) is 4.77. The Morgan fingerprint density at radius 3 is 2.43 bits per heavy atom. The minimum Gasteiger partial charge on any atom is -1.00 e. The average Bonchev–Trinajstić information content (AvgIpc) is 2.48. The second-order valence-electron chi connectivity index (χ2n) is 4.77. The Balaban J connectivity index is 0.00000161. The molecule has 0 bridgehead atoms. The Morgan fingerprint density at radius 2 is 1.71 bits per heavy atom. The zero-order valence-corrected chi connectivity index (χ0v) is 12.7. The highest BCUT2D eigenvalue weighted by molar-refractivity contribution is 5.91. The first-order valence-electron chi connectivity index (χ1n) is 6.59. The standard InChI is InChI=1S/C17H16N2O.ClH/c1-12-11-17(15-5-3-4-6-16(15)18-12)19-13-7-9-14(20-2)10-8-13;/h3-11H,1-2H3,(H,18,19);1H. The first-order valence-corrected chi connectivity index (χ1v) is 6.59. The van der Waals surface area contributed by atoms with E-state index in [1.807, 2.05) is 36.4 Å². The van der Waals surface area contributed by atoms with Crippen LogP contribution in [0.15, 0.2) is 54.6 Å². The normalized spacial score (nSPS) is 10.0. The van der Waals surface area contributed by atoms with Crippen LogP contribution in [-0.2, 0) is 0 Å². The smallest absolute Gasteiger partial charge is 0.213 e. The number of rotatable bonds is 3. The minimum atomic E-state index is 0. The molecule has 0 amide bonds. The van der Waals surface area contributed by atoms with Gasteiger partial charge in [-0.3, -0.25) is 0 Å². The molecular weight excluding hydrogens is 284 g/mol. The van der Waals surface area contributed by atoms with Crippen LogP contribution in [0.4, 0.5) is 11.4 Å². The van der Waals surface area contributed by atoms with Crippen molar-refractivity contribution in [3.63, 3.8) is 0 Å². The number of aromatic amines is 1. The number of ether oxygens (including phenoxy) is 1. The number of hydrogen-bond donors (Lipinski definition) is 1. The van der Waals surface area contributed by atoms with Gasteiger partial charge in [0.05, 0.1) is 18.2 Å². The molecule has 0 radical (unpaired) electrons. The first kappa shape index (κ1) is 15.1. The first-order chi connectivity index (χ1) is 9.76. The van der Waals surface area contributed by atoms with Gasteiger partial charge in [-0.05, 0) is 30.3 Å². The molecule has 108 valence electrons. The lowest BCUT2D eigenvalue weighted by Crippen LogP contribution is -3.00. The summed E-state index contributed by atoms with van der Waals surface area (Å²) in [6.45, 7) is 2.06. The van der Waals surface area contributed by atoms with E-state index in [9.17, 15) is 0 Å². The molecule has 0 saturated carbocycles. The van der Waals surface area contributed by atoms with Crippen LogP contribution in [0.25, 0.3) is 10.9 Å². The number of benzene rings is 2. The van der Waals surface area contributed by atoms with E-state index in [2.05, 4.69) is 35.4 Å². The number of methoxy groups -OCH3 is 1. The van der Waals surface area contributed by atoms with Crippen molar-refractivity contribution in [2.24, 2.45) is 0 Å². The highest BCUT2D eigenvalue weighted by Crippen LogP contribution is 2.25. The average molecular weight is 301 g/mol. The van der Waals surface area contributed by atoms with Gasteiger partial charge in [0, 0.05) is 24.7 Å². The predicted molar refractivity (Wildman–Crippen MR) is 81.5 cm³/mol. The summed E-state index contributed by atoms with van der Waals surface area (Å²) < 4.78 is 5.18. The fourth-order valence-electron chi connectivity index (χ4n) is 2.30. The molecule has 0 saturated heterocycles. The highest BCUT2D eigenvalue weighted by atomic mass is 35.5. The lowest BCUT2D eigenvalue weighted by molar-refractivity contribution is -0.354. The number of anilines is 2. The van der Waals surface area contributed by atoms with Crippen molar-refractivity contribution >= 4 is 22.3 Å². The summed E-state index contributed by atoms with van der Waals surface area (Å²) in [6.07, 6.45) is 0. The van der Waals surface area contributed by atoms with Crippen LogP contribution in [0.1, 0.15) is 5.69 Å². The molecule has 3 rings (SSSR count). The Bertz CT molecular complexity index is 741. The molecule has 0 aliphatic rings. The fourth-order valence-corrected chi connectivity index (χ4v) is 2.30. The zero-order valence-electron chi connectivity index (χ0n) is 12.0. The molecule has 0 atom stereocenters. The predicted octanol–water partition coefficient (Wildman–Crippen LogP) is 0.719. The van der Waals surface area contributed by atoms with Crippen LogP contribution >= 0.6 is 0 Å². The maximum atomic E-state index is 5.18. The van der Waals surface area contributed by atoms with Gasteiger partial charge >= 0.3 is 0 Å². The molecule has 0 aliphatic heterocycles. The van der Waals surface area contributed by atoms with Crippen molar-refractivity contribution in [2.45, 2.75) is 6.92 Å². The molecule has 0 spiro atoms. The van der Waals surface area contributed by atoms with E-state index in [4.69, 9.17) is 4.74 Å². The van der Waals surface area contributed by atoms with Crippen LogP contribution in [0, 0.1) is 6.92 Å². The monoisotopic (exact) mass is 300 g/mol. The maximum Gasteiger partial charge on any atom is 0.213 e. The Hall–Kier alpha value is -2.26. The van der Waals surface area contributed by atoms with Gasteiger partial charge in [0.25, 0.3) is 0 Å². The van der Waals surface area contributed by atoms with E-state index in [0.29, 0.717) is 0 Å². The van der Waals surface area contributed by atoms with E-state index >= 15 is 0 Å². The van der Waals surface area contributed by atoms with Crippen LogP contribution in [0.2, 0.25) is 0 Å². The van der Waals surface area contributed by atoms with Crippen LogP contribution in [-0.4, -0.2) is 7.11 Å². The molecule has 2 N–H and O–H groups in total. The number of fused-ring (bicyclic) bond motifs is 1. The van der Waals surface area contributed by atoms with Crippen molar-refractivity contribution in [1.29, 1.82) is 0 Å². The zero-order chi connectivity index (χ0) is 13.9. The van der Waals surface area contributed by atoms with Gasteiger partial charge in [-0.2, -0.15) is 0 Å². The molecule has 1 heterocycles. The van der Waals surface area contributed by atoms with E-state index < -0.39 is 0 Å². The van der Waals surface area contributed by atoms with Gasteiger partial charge in [0.15, 0.2) is 5.69 Å². The number of nitrogens with one attached hydrogen (secondary N) is 2. The van der Waals surface area contributed by atoms with Gasteiger partial charge in [-0.25, -0.2) is 4.98 Å². The van der Waals surface area contributed by atoms with Crippen LogP contribution < -0.4 is 27.4 Å². The highest BCUT2D eigenvalue weighted by Gasteiger charge is 2.08. The van der Waals surface area contributed by atoms with Crippen LogP contribution in [0.3, 0.4) is 0 Å². The number of halogens is 1. The van der Waals surface area contributed by atoms with Gasteiger partial charge in [-0.1, -0.05) is 12.1 Å². The molecule has 3 aromatic rings. The van der Waals surface area contributed by atoms with E-state index in [1.54, 1.807) is 7.11 Å². The van der Waals surface area contributed by atoms with Crippen LogP contribution in [0.5, 0.6) is 5.75 Å². The summed E-state index contributed by atoms with van der Waals surface area (Å²) in [7, 11) is 1.67.